The van der Waals surface area contributed by atoms with Crippen LogP contribution in [-0.2, 0) is 0 Å². The maximum absolute atomic E-state index is 13.4. The molecule has 1 rings (SSSR count). The van der Waals surface area contributed by atoms with Crippen LogP contribution in [0.3, 0.4) is 0 Å². The lowest BCUT2D eigenvalue weighted by Crippen LogP contribution is -2.21. The molecule has 0 aliphatic heterocycles. The first-order chi connectivity index (χ1) is 7.02. The summed E-state index contributed by atoms with van der Waals surface area (Å²) in [5.74, 6) is -0.469. The van der Waals surface area contributed by atoms with Gasteiger partial charge in [-0.3, -0.25) is 0 Å². The smallest absolute Gasteiger partial charge is 0.211 e. The summed E-state index contributed by atoms with van der Waals surface area (Å²) < 4.78 is 14.2. The molecule has 0 fully saturated rings. The fourth-order valence-electron chi connectivity index (χ4n) is 0.798. The first kappa shape index (κ1) is 12.4. The quantitative estimate of drug-likeness (QED) is 0.268. The third-order valence-electron chi connectivity index (χ3n) is 1.44. The maximum atomic E-state index is 13.4. The van der Waals surface area contributed by atoms with Crippen molar-refractivity contribution in [2.75, 3.05) is 0 Å². The van der Waals surface area contributed by atoms with E-state index in [1.807, 2.05) is 22.6 Å². The molecular formula is C8H7BrFIN4. The molecule has 0 aliphatic carbocycles. The zero-order chi connectivity index (χ0) is 11.4. The van der Waals surface area contributed by atoms with Gasteiger partial charge in [-0.2, -0.15) is 5.10 Å². The SMILES string of the molecule is NC(N)=NN=Cc1ccc(Br)c(F)c1I. The molecule has 1 aromatic carbocycles. The predicted molar refractivity (Wildman–Crippen MR) is 70.2 cm³/mol. The molecule has 1 aromatic rings. The van der Waals surface area contributed by atoms with Crippen molar-refractivity contribution in [3.05, 3.63) is 31.6 Å². The number of nitrogens with two attached hydrogens (primary N) is 2. The van der Waals surface area contributed by atoms with Gasteiger partial charge in [-0.1, -0.05) is 6.07 Å². The Kier molecular flexibility index (Phi) is 4.45. The highest BCUT2D eigenvalue weighted by Gasteiger charge is 2.07. The topological polar surface area (TPSA) is 76.8 Å². The van der Waals surface area contributed by atoms with Gasteiger partial charge in [0.1, 0.15) is 0 Å². The van der Waals surface area contributed by atoms with E-state index in [0.717, 1.165) is 0 Å². The van der Waals surface area contributed by atoms with Crippen LogP contribution in [-0.4, -0.2) is 12.2 Å². The Labute approximate surface area is 108 Å². The van der Waals surface area contributed by atoms with Crippen molar-refractivity contribution in [2.24, 2.45) is 21.7 Å². The zero-order valence-corrected chi connectivity index (χ0v) is 11.2. The summed E-state index contributed by atoms with van der Waals surface area (Å²) in [6, 6.07) is 3.30. The van der Waals surface area contributed by atoms with Gasteiger partial charge in [0, 0.05) is 5.56 Å². The van der Waals surface area contributed by atoms with Crippen LogP contribution in [0, 0.1) is 9.39 Å². The third-order valence-corrected chi connectivity index (χ3v) is 3.14. The van der Waals surface area contributed by atoms with E-state index in [1.54, 1.807) is 12.1 Å². The molecule has 80 valence electrons. The standard InChI is InChI=1S/C8H7BrFIN4/c9-5-2-1-4(7(11)6(5)10)3-14-15-8(12)13/h1-3H,(H4,12,13,15). The maximum Gasteiger partial charge on any atom is 0.211 e. The van der Waals surface area contributed by atoms with Gasteiger partial charge >= 0.3 is 0 Å². The van der Waals surface area contributed by atoms with Crippen LogP contribution in [0.15, 0.2) is 26.8 Å². The molecule has 0 unspecified atom stereocenters. The van der Waals surface area contributed by atoms with E-state index in [4.69, 9.17) is 11.5 Å². The Balaban J connectivity index is 3.02. The number of rotatable bonds is 2. The van der Waals surface area contributed by atoms with Gasteiger partial charge in [-0.25, -0.2) is 4.39 Å². The summed E-state index contributed by atoms with van der Waals surface area (Å²) in [5.41, 5.74) is 10.8. The van der Waals surface area contributed by atoms with E-state index >= 15 is 0 Å². The molecule has 0 atom stereocenters. The summed E-state index contributed by atoms with van der Waals surface area (Å²) in [4.78, 5) is 0. The lowest BCUT2D eigenvalue weighted by molar-refractivity contribution is 0.613. The Morgan fingerprint density at radius 1 is 1.47 bits per heavy atom. The summed E-state index contributed by atoms with van der Waals surface area (Å²) in [5, 5.41) is 7.02. The number of guanidine groups is 1. The molecule has 0 heterocycles. The molecule has 0 spiro atoms. The van der Waals surface area contributed by atoms with Gasteiger partial charge in [0.25, 0.3) is 0 Å². The van der Waals surface area contributed by atoms with Crippen LogP contribution < -0.4 is 11.5 Å². The van der Waals surface area contributed by atoms with Gasteiger partial charge in [0.05, 0.1) is 14.3 Å². The summed E-state index contributed by atoms with van der Waals surface area (Å²) >= 11 is 4.96. The van der Waals surface area contributed by atoms with Crippen molar-refractivity contribution in [3.8, 4) is 0 Å². The molecule has 0 bridgehead atoms. The second-order valence-corrected chi connectivity index (χ2v) is 4.47. The molecule has 0 aromatic heterocycles. The number of hydrogen-bond donors (Lipinski definition) is 2. The van der Waals surface area contributed by atoms with Crippen molar-refractivity contribution >= 4 is 50.7 Å². The van der Waals surface area contributed by atoms with Crippen LogP contribution in [0.5, 0.6) is 0 Å². The molecule has 4 N–H and O–H groups in total. The Morgan fingerprint density at radius 2 is 2.13 bits per heavy atom. The minimum Gasteiger partial charge on any atom is -0.369 e. The molecule has 0 saturated heterocycles. The van der Waals surface area contributed by atoms with Crippen LogP contribution in [0.2, 0.25) is 0 Å². The van der Waals surface area contributed by atoms with Crippen molar-refractivity contribution < 1.29 is 4.39 Å². The monoisotopic (exact) mass is 384 g/mol. The average Bonchev–Trinajstić information content (AvgIpc) is 2.18. The number of halogens is 3. The minimum absolute atomic E-state index is 0.140. The Bertz CT molecular complexity index is 429. The van der Waals surface area contributed by atoms with E-state index in [0.29, 0.717) is 13.6 Å². The summed E-state index contributed by atoms with van der Waals surface area (Å²) in [6.07, 6.45) is 1.39. The van der Waals surface area contributed by atoms with E-state index < -0.39 is 0 Å². The van der Waals surface area contributed by atoms with Crippen LogP contribution in [0.4, 0.5) is 4.39 Å². The van der Waals surface area contributed by atoms with E-state index in [-0.39, 0.29) is 11.8 Å². The number of benzene rings is 1. The molecule has 15 heavy (non-hydrogen) atoms. The zero-order valence-electron chi connectivity index (χ0n) is 7.42. The average molecular weight is 385 g/mol. The van der Waals surface area contributed by atoms with Gasteiger partial charge in [-0.15, -0.1) is 5.10 Å². The summed E-state index contributed by atoms with van der Waals surface area (Å²) in [6.45, 7) is 0. The largest absolute Gasteiger partial charge is 0.369 e. The van der Waals surface area contributed by atoms with Crippen molar-refractivity contribution in [2.45, 2.75) is 0 Å². The molecule has 0 amide bonds. The first-order valence-corrected chi connectivity index (χ1v) is 5.65. The highest BCUT2D eigenvalue weighted by Crippen LogP contribution is 2.22. The van der Waals surface area contributed by atoms with Crippen molar-refractivity contribution in [1.29, 1.82) is 0 Å². The summed E-state index contributed by atoms with van der Waals surface area (Å²) in [7, 11) is 0. The molecule has 0 radical (unpaired) electrons. The lowest BCUT2D eigenvalue weighted by atomic mass is 10.2. The fraction of sp³-hybridized carbons (Fsp3) is 0. The molecule has 7 heteroatoms. The van der Waals surface area contributed by atoms with E-state index in [9.17, 15) is 4.39 Å². The Hall–Kier alpha value is -0.700. The number of nitrogens with zero attached hydrogens (tertiary/aromatic N) is 2. The van der Waals surface area contributed by atoms with Gasteiger partial charge in [-0.05, 0) is 44.6 Å². The van der Waals surface area contributed by atoms with E-state index in [1.165, 1.54) is 6.21 Å². The van der Waals surface area contributed by atoms with Crippen molar-refractivity contribution in [3.63, 3.8) is 0 Å². The number of hydrogen-bond acceptors (Lipinski definition) is 2. The highest BCUT2D eigenvalue weighted by atomic mass is 127. The van der Waals surface area contributed by atoms with Crippen LogP contribution >= 0.6 is 38.5 Å². The fourth-order valence-corrected chi connectivity index (χ4v) is 2.11. The molecule has 0 saturated carbocycles. The van der Waals surface area contributed by atoms with Gasteiger partial charge < -0.3 is 11.5 Å². The van der Waals surface area contributed by atoms with Gasteiger partial charge in [0.2, 0.25) is 5.96 Å². The predicted octanol–water partition coefficient (Wildman–Crippen LogP) is 1.80. The second kappa shape index (κ2) is 5.40. The third kappa shape index (κ3) is 3.42. The van der Waals surface area contributed by atoms with Crippen molar-refractivity contribution in [1.82, 2.24) is 0 Å². The molecule has 0 aliphatic rings. The van der Waals surface area contributed by atoms with Gasteiger partial charge in [0.15, 0.2) is 5.82 Å². The first-order valence-electron chi connectivity index (χ1n) is 3.78. The lowest BCUT2D eigenvalue weighted by Gasteiger charge is -2.00. The Morgan fingerprint density at radius 3 is 2.73 bits per heavy atom. The normalized spacial score (nSPS) is 10.6. The molecular weight excluding hydrogens is 378 g/mol. The highest BCUT2D eigenvalue weighted by molar-refractivity contribution is 14.1. The minimum atomic E-state index is -0.329. The van der Waals surface area contributed by atoms with Crippen LogP contribution in [0.1, 0.15) is 5.56 Å². The molecule has 4 nitrogen and oxygen atoms in total. The van der Waals surface area contributed by atoms with Crippen LogP contribution in [0.25, 0.3) is 0 Å². The van der Waals surface area contributed by atoms with E-state index in [2.05, 4.69) is 26.1 Å². The second-order valence-electron chi connectivity index (χ2n) is 2.53.